The number of esters is 1. The number of ether oxygens (including phenoxy) is 2. The molecule has 62 heavy (non-hydrogen) atoms. The van der Waals surface area contributed by atoms with Crippen molar-refractivity contribution in [1.82, 2.24) is 26.2 Å². The lowest BCUT2D eigenvalue weighted by molar-refractivity contribution is -0.384. The van der Waals surface area contributed by atoms with E-state index in [1.165, 1.54) is 13.2 Å². The SMILES string of the molecule is COC(=O)/C=C/CC[C@H](NC(=O)c1ccc([N+](=O)[O-])cc1C(=O)O)C(=O)N[C@H](C(=O)N1COC[C@H]1C(=O)N[C@H](C(=O)N[C@H](C(N)=O)C1CCCCC1)C1CCCCC1)C(C)(C)C. The number of nitrogens with zero attached hydrogens (tertiary/aromatic N) is 2. The number of nitro benzene ring substituents is 1. The van der Waals surface area contributed by atoms with Crippen LogP contribution in [0.5, 0.6) is 0 Å². The monoisotopic (exact) mass is 869 g/mol. The van der Waals surface area contributed by atoms with Gasteiger partial charge in [-0.25, -0.2) is 9.59 Å². The Morgan fingerprint density at radius 2 is 1.52 bits per heavy atom. The van der Waals surface area contributed by atoms with Crippen molar-refractivity contribution in [3.05, 3.63) is 51.6 Å². The first kappa shape index (κ1) is 48.7. The zero-order valence-corrected chi connectivity index (χ0v) is 35.6. The number of hydrogen-bond acceptors (Lipinski definition) is 12. The topological polar surface area (TPSA) is 296 Å². The summed E-state index contributed by atoms with van der Waals surface area (Å²) in [6, 6.07) is -3.34. The van der Waals surface area contributed by atoms with Gasteiger partial charge in [0.15, 0.2) is 0 Å². The number of allylic oxidation sites excluding steroid dienone is 1. The van der Waals surface area contributed by atoms with Crippen LogP contribution < -0.4 is 27.0 Å². The normalized spacial score (nSPS) is 19.4. The van der Waals surface area contributed by atoms with Crippen LogP contribution in [-0.4, -0.2) is 113 Å². The summed E-state index contributed by atoms with van der Waals surface area (Å²) in [6.45, 7) is 4.43. The summed E-state index contributed by atoms with van der Waals surface area (Å²) in [6.07, 6.45) is 10.6. The standard InChI is InChI=1S/C42H59N7O13/c1-42(2,3)34(47-37(53)29(17-11-12-18-31(50)61-4)44-36(52)27-20-19-26(49(59)60)21-28(27)41(57)58)40(56)48-23-62-22-30(48)38(54)46-33(25-15-9-6-10-16-25)39(55)45-32(35(43)51)24-13-7-5-8-14-24/h12,18-21,24-25,29-30,32-34H,5-11,13-17,22-23H2,1-4H3,(H2,43,51)(H,44,52)(H,45,55)(H,46,54)(H,47,53)(H,57,58)/b18-12+/t29-,30-,32-,33-,34+/m0/s1. The van der Waals surface area contributed by atoms with Gasteiger partial charge in [-0.05, 0) is 61.8 Å². The summed E-state index contributed by atoms with van der Waals surface area (Å²) in [7, 11) is 1.17. The molecule has 2 saturated carbocycles. The zero-order valence-electron chi connectivity index (χ0n) is 35.6. The van der Waals surface area contributed by atoms with Gasteiger partial charge in [0.25, 0.3) is 11.6 Å². The Kier molecular flexibility index (Phi) is 17.5. The van der Waals surface area contributed by atoms with Gasteiger partial charge in [-0.15, -0.1) is 0 Å². The lowest BCUT2D eigenvalue weighted by Crippen LogP contribution is -2.62. The van der Waals surface area contributed by atoms with E-state index in [0.717, 1.165) is 74.5 Å². The molecule has 20 nitrogen and oxygen atoms in total. The molecule has 20 heteroatoms. The maximum Gasteiger partial charge on any atom is 0.336 e. The molecule has 1 saturated heterocycles. The largest absolute Gasteiger partial charge is 0.478 e. The van der Waals surface area contributed by atoms with Gasteiger partial charge < -0.3 is 46.5 Å². The molecule has 1 aromatic carbocycles. The maximum atomic E-state index is 14.5. The van der Waals surface area contributed by atoms with Crippen LogP contribution in [0.4, 0.5) is 5.69 Å². The minimum Gasteiger partial charge on any atom is -0.478 e. The van der Waals surface area contributed by atoms with E-state index in [1.54, 1.807) is 20.8 Å². The molecule has 1 heterocycles. The molecular formula is C42H59N7O13. The number of methoxy groups -OCH3 is 1. The number of nitro groups is 1. The highest BCUT2D eigenvalue weighted by Gasteiger charge is 2.45. The van der Waals surface area contributed by atoms with E-state index in [-0.39, 0.29) is 38.0 Å². The summed E-state index contributed by atoms with van der Waals surface area (Å²) in [5, 5.41) is 31.9. The number of rotatable bonds is 18. The number of amides is 6. The molecular weight excluding hydrogens is 810 g/mol. The molecule has 0 bridgehead atoms. The van der Waals surface area contributed by atoms with E-state index in [4.69, 9.17) is 10.5 Å². The molecule has 340 valence electrons. The van der Waals surface area contributed by atoms with E-state index in [0.29, 0.717) is 18.9 Å². The fourth-order valence-corrected chi connectivity index (χ4v) is 8.22. The van der Waals surface area contributed by atoms with Crippen LogP contribution >= 0.6 is 0 Å². The van der Waals surface area contributed by atoms with Crippen molar-refractivity contribution >= 4 is 53.1 Å². The first-order valence-corrected chi connectivity index (χ1v) is 21.0. The summed E-state index contributed by atoms with van der Waals surface area (Å²) < 4.78 is 10.2. The lowest BCUT2D eigenvalue weighted by atomic mass is 9.81. The predicted octanol–water partition coefficient (Wildman–Crippen LogP) is 2.23. The van der Waals surface area contributed by atoms with Crippen molar-refractivity contribution in [2.24, 2.45) is 23.0 Å². The van der Waals surface area contributed by atoms with Gasteiger partial charge in [-0.2, -0.15) is 0 Å². The van der Waals surface area contributed by atoms with Gasteiger partial charge in [-0.3, -0.25) is 38.9 Å². The quantitative estimate of drug-likeness (QED) is 0.0535. The van der Waals surface area contributed by atoms with Crippen molar-refractivity contribution in [2.45, 2.75) is 128 Å². The smallest absolute Gasteiger partial charge is 0.336 e. The van der Waals surface area contributed by atoms with Crippen LogP contribution in [-0.2, 0) is 38.2 Å². The molecule has 0 radical (unpaired) electrons. The lowest BCUT2D eigenvalue weighted by Gasteiger charge is -2.36. The van der Waals surface area contributed by atoms with Gasteiger partial charge in [0, 0.05) is 18.2 Å². The first-order chi connectivity index (χ1) is 29.3. The van der Waals surface area contributed by atoms with Crippen molar-refractivity contribution < 1.29 is 57.9 Å². The third-order valence-corrected chi connectivity index (χ3v) is 11.7. The van der Waals surface area contributed by atoms with E-state index in [1.807, 2.05) is 0 Å². The summed E-state index contributed by atoms with van der Waals surface area (Å²) in [4.78, 5) is 118. The molecule has 5 atom stereocenters. The number of nitrogens with two attached hydrogens (primary N) is 1. The van der Waals surface area contributed by atoms with Gasteiger partial charge in [-0.1, -0.05) is 65.4 Å². The summed E-state index contributed by atoms with van der Waals surface area (Å²) >= 11 is 0. The number of carboxylic acids is 1. The number of primary amides is 1. The molecule has 0 spiro atoms. The predicted molar refractivity (Wildman–Crippen MR) is 221 cm³/mol. The third-order valence-electron chi connectivity index (χ3n) is 11.7. The van der Waals surface area contributed by atoms with E-state index >= 15 is 0 Å². The van der Waals surface area contributed by atoms with Crippen LogP contribution in [0.15, 0.2) is 30.4 Å². The summed E-state index contributed by atoms with van der Waals surface area (Å²) in [5.74, 6) is -7.19. The highest BCUT2D eigenvalue weighted by Crippen LogP contribution is 2.30. The number of carboxylic acid groups (broad SMARTS) is 1. The van der Waals surface area contributed by atoms with Crippen LogP contribution in [0.2, 0.25) is 0 Å². The second-order valence-corrected chi connectivity index (χ2v) is 17.1. The molecule has 6 amide bonds. The van der Waals surface area contributed by atoms with E-state index in [2.05, 4.69) is 26.0 Å². The Hall–Kier alpha value is -5.92. The van der Waals surface area contributed by atoms with Crippen molar-refractivity contribution in [1.29, 1.82) is 0 Å². The summed E-state index contributed by atoms with van der Waals surface area (Å²) in [5.41, 5.74) is 3.01. The molecule has 0 aromatic heterocycles. The fraction of sp³-hybridized carbons (Fsp3) is 0.619. The Bertz CT molecular complexity index is 1880. The first-order valence-electron chi connectivity index (χ1n) is 21.0. The average Bonchev–Trinajstić information content (AvgIpc) is 3.74. The number of carbonyl (C=O) groups excluding carboxylic acids is 7. The second kappa shape index (κ2) is 22.3. The van der Waals surface area contributed by atoms with Crippen molar-refractivity contribution in [3.8, 4) is 0 Å². The Morgan fingerprint density at radius 1 is 0.903 bits per heavy atom. The second-order valence-electron chi connectivity index (χ2n) is 17.1. The number of carbonyl (C=O) groups is 8. The number of non-ortho nitro benzene ring substituents is 1. The third kappa shape index (κ3) is 13.0. The highest BCUT2D eigenvalue weighted by atomic mass is 16.6. The van der Waals surface area contributed by atoms with Gasteiger partial charge in [0.2, 0.25) is 29.5 Å². The van der Waals surface area contributed by atoms with Gasteiger partial charge >= 0.3 is 11.9 Å². The van der Waals surface area contributed by atoms with Crippen LogP contribution in [0.1, 0.15) is 119 Å². The molecule has 2 aliphatic carbocycles. The average molecular weight is 870 g/mol. The molecule has 0 unspecified atom stereocenters. The van der Waals surface area contributed by atoms with Gasteiger partial charge in [0.1, 0.15) is 36.9 Å². The fourth-order valence-electron chi connectivity index (χ4n) is 8.22. The molecule has 3 fully saturated rings. The van der Waals surface area contributed by atoms with Crippen molar-refractivity contribution in [3.63, 3.8) is 0 Å². The highest BCUT2D eigenvalue weighted by molar-refractivity contribution is 6.06. The number of hydrogen-bond donors (Lipinski definition) is 6. The molecule has 3 aliphatic rings. The van der Waals surface area contributed by atoms with Crippen LogP contribution in [0.3, 0.4) is 0 Å². The molecule has 4 rings (SSSR count). The van der Waals surface area contributed by atoms with E-state index < -0.39 is 105 Å². The number of benzene rings is 1. The molecule has 1 aliphatic heterocycles. The minimum absolute atomic E-state index is 0.0203. The van der Waals surface area contributed by atoms with E-state index in [9.17, 15) is 53.6 Å². The molecule has 7 N–H and O–H groups in total. The Morgan fingerprint density at radius 3 is 2.06 bits per heavy atom. The Labute approximate surface area is 359 Å². The van der Waals surface area contributed by atoms with Gasteiger partial charge in [0.05, 0.1) is 29.8 Å². The Balaban J connectivity index is 1.57. The van der Waals surface area contributed by atoms with Crippen LogP contribution in [0.25, 0.3) is 0 Å². The molecule has 1 aromatic rings. The maximum absolute atomic E-state index is 14.5. The van der Waals surface area contributed by atoms with Crippen molar-refractivity contribution in [2.75, 3.05) is 20.4 Å². The zero-order chi connectivity index (χ0) is 45.7. The number of nitrogens with one attached hydrogen (secondary N) is 4. The number of aromatic carboxylic acids is 1. The minimum atomic E-state index is -1.63. The van der Waals surface area contributed by atoms with Crippen LogP contribution in [0, 0.1) is 27.4 Å².